The van der Waals surface area contributed by atoms with E-state index in [1.165, 1.54) is 12.1 Å². The van der Waals surface area contributed by atoms with E-state index >= 15 is 0 Å². The topological polar surface area (TPSA) is 54.1 Å². The summed E-state index contributed by atoms with van der Waals surface area (Å²) in [5.41, 5.74) is 2.72. The fourth-order valence-electron chi connectivity index (χ4n) is 2.40. The number of ether oxygens (including phenoxy) is 1. The summed E-state index contributed by atoms with van der Waals surface area (Å²) in [5, 5.41) is 3.53. The lowest BCUT2D eigenvalue weighted by molar-refractivity contribution is 0.102. The second-order valence-corrected chi connectivity index (χ2v) is 5.16. The van der Waals surface area contributed by atoms with Crippen LogP contribution in [0.5, 0.6) is 0 Å². The first-order valence-corrected chi connectivity index (χ1v) is 7.42. The minimum absolute atomic E-state index is 0.273. The second-order valence-electron chi connectivity index (χ2n) is 5.16. The van der Waals surface area contributed by atoms with Gasteiger partial charge < -0.3 is 15.0 Å². The number of aromatic nitrogens is 1. The van der Waals surface area contributed by atoms with Crippen LogP contribution in [0.2, 0.25) is 0 Å². The predicted octanol–water partition coefficient (Wildman–Crippen LogP) is 4.10. The number of hydrogen-bond acceptors (Lipinski definition) is 2. The molecule has 0 aliphatic carbocycles. The van der Waals surface area contributed by atoms with E-state index in [9.17, 15) is 9.18 Å². The Morgan fingerprint density at radius 3 is 2.87 bits per heavy atom. The molecule has 0 fully saturated rings. The van der Waals surface area contributed by atoms with E-state index < -0.39 is 0 Å². The monoisotopic (exact) mass is 312 g/mol. The van der Waals surface area contributed by atoms with E-state index in [1.807, 2.05) is 31.2 Å². The average Bonchev–Trinajstić information content (AvgIpc) is 2.97. The van der Waals surface area contributed by atoms with Crippen molar-refractivity contribution in [1.29, 1.82) is 0 Å². The van der Waals surface area contributed by atoms with Gasteiger partial charge in [0.2, 0.25) is 0 Å². The fraction of sp³-hybridized carbons (Fsp3) is 0.167. The number of aromatic amines is 1. The highest BCUT2D eigenvalue weighted by molar-refractivity contribution is 6.06. The highest BCUT2D eigenvalue weighted by Gasteiger charge is 2.12. The molecule has 1 aromatic heterocycles. The quantitative estimate of drug-likeness (QED) is 0.745. The zero-order valence-electron chi connectivity index (χ0n) is 12.7. The van der Waals surface area contributed by atoms with Crippen LogP contribution in [-0.4, -0.2) is 17.5 Å². The maximum Gasteiger partial charge on any atom is 0.272 e. The first kappa shape index (κ1) is 15.2. The van der Waals surface area contributed by atoms with Crippen molar-refractivity contribution >= 4 is 22.5 Å². The van der Waals surface area contributed by atoms with Gasteiger partial charge in [-0.25, -0.2) is 4.39 Å². The summed E-state index contributed by atoms with van der Waals surface area (Å²) in [5.74, 6) is -0.601. The number of nitrogens with one attached hydrogen (secondary N) is 2. The molecular formula is C18H17FN2O2. The van der Waals surface area contributed by atoms with Gasteiger partial charge in [-0.3, -0.25) is 4.79 Å². The molecule has 3 aromatic rings. The highest BCUT2D eigenvalue weighted by Crippen LogP contribution is 2.20. The third kappa shape index (κ3) is 3.40. The Labute approximate surface area is 133 Å². The zero-order chi connectivity index (χ0) is 16.2. The number of carbonyl (C=O) groups is 1. The Morgan fingerprint density at radius 2 is 2.04 bits per heavy atom. The molecule has 1 heterocycles. The molecule has 2 N–H and O–H groups in total. The van der Waals surface area contributed by atoms with Gasteiger partial charge in [-0.1, -0.05) is 18.2 Å². The molecule has 0 saturated carbocycles. The molecule has 5 heteroatoms. The van der Waals surface area contributed by atoms with Crippen LogP contribution in [-0.2, 0) is 11.3 Å². The van der Waals surface area contributed by atoms with Crippen molar-refractivity contribution in [3.05, 3.63) is 65.6 Å². The first-order chi connectivity index (χ1) is 11.2. The number of rotatable bonds is 5. The smallest absolute Gasteiger partial charge is 0.272 e. The van der Waals surface area contributed by atoms with Crippen molar-refractivity contribution < 1.29 is 13.9 Å². The Kier molecular flexibility index (Phi) is 4.39. The van der Waals surface area contributed by atoms with Crippen LogP contribution in [0.25, 0.3) is 10.9 Å². The molecule has 0 radical (unpaired) electrons. The molecule has 1 amide bonds. The van der Waals surface area contributed by atoms with Gasteiger partial charge in [0, 0.05) is 28.8 Å². The largest absolute Gasteiger partial charge is 0.377 e. The van der Waals surface area contributed by atoms with Crippen LogP contribution in [0.15, 0.2) is 48.5 Å². The fourth-order valence-corrected chi connectivity index (χ4v) is 2.40. The first-order valence-electron chi connectivity index (χ1n) is 7.42. The molecule has 0 atom stereocenters. The molecule has 0 unspecified atom stereocenters. The maximum absolute atomic E-state index is 13.2. The number of H-pyrrole nitrogens is 1. The molecular weight excluding hydrogens is 295 g/mol. The lowest BCUT2D eigenvalue weighted by Crippen LogP contribution is -2.14. The normalized spacial score (nSPS) is 10.9. The molecule has 2 aromatic carbocycles. The van der Waals surface area contributed by atoms with Crippen molar-refractivity contribution in [3.63, 3.8) is 0 Å². The van der Waals surface area contributed by atoms with Crippen LogP contribution in [0.1, 0.15) is 23.0 Å². The Morgan fingerprint density at radius 1 is 1.22 bits per heavy atom. The molecule has 4 nitrogen and oxygen atoms in total. The van der Waals surface area contributed by atoms with Crippen LogP contribution in [0, 0.1) is 5.82 Å². The van der Waals surface area contributed by atoms with E-state index in [-0.39, 0.29) is 11.7 Å². The number of amides is 1. The van der Waals surface area contributed by atoms with E-state index in [4.69, 9.17) is 4.74 Å². The Bertz CT molecular complexity index is 842. The number of fused-ring (bicyclic) bond motifs is 1. The van der Waals surface area contributed by atoms with Gasteiger partial charge >= 0.3 is 0 Å². The van der Waals surface area contributed by atoms with E-state index in [2.05, 4.69) is 10.3 Å². The average molecular weight is 312 g/mol. The van der Waals surface area contributed by atoms with Crippen molar-refractivity contribution in [2.75, 3.05) is 11.9 Å². The minimum atomic E-state index is -0.328. The van der Waals surface area contributed by atoms with Gasteiger partial charge in [0.15, 0.2) is 0 Å². The lowest BCUT2D eigenvalue weighted by atomic mass is 10.2. The van der Waals surface area contributed by atoms with Gasteiger partial charge in [0.1, 0.15) is 11.5 Å². The van der Waals surface area contributed by atoms with Gasteiger partial charge in [-0.05, 0) is 37.3 Å². The maximum atomic E-state index is 13.2. The van der Waals surface area contributed by atoms with Crippen molar-refractivity contribution in [3.8, 4) is 0 Å². The third-order valence-electron chi connectivity index (χ3n) is 3.55. The Hall–Kier alpha value is -2.66. The number of halogens is 1. The van der Waals surface area contributed by atoms with E-state index in [0.717, 1.165) is 11.1 Å². The van der Waals surface area contributed by atoms with Gasteiger partial charge in [-0.2, -0.15) is 0 Å². The Balaban J connectivity index is 1.83. The summed E-state index contributed by atoms with van der Waals surface area (Å²) in [7, 11) is 0. The summed E-state index contributed by atoms with van der Waals surface area (Å²) < 4.78 is 18.6. The van der Waals surface area contributed by atoms with Crippen LogP contribution >= 0.6 is 0 Å². The zero-order valence-corrected chi connectivity index (χ0v) is 12.7. The summed E-state index contributed by atoms with van der Waals surface area (Å²) in [6.07, 6.45) is 0. The van der Waals surface area contributed by atoms with E-state index in [1.54, 1.807) is 12.1 Å². The molecule has 3 rings (SSSR count). The van der Waals surface area contributed by atoms with E-state index in [0.29, 0.717) is 30.0 Å². The number of carbonyl (C=O) groups excluding carboxylic acids is 1. The van der Waals surface area contributed by atoms with Gasteiger partial charge in [0.05, 0.1) is 6.61 Å². The molecule has 23 heavy (non-hydrogen) atoms. The molecule has 118 valence electrons. The van der Waals surface area contributed by atoms with Crippen molar-refractivity contribution in [2.24, 2.45) is 0 Å². The SMILES string of the molecule is CCOCc1ccccc1NC(=O)c1cc2cc(F)ccc2[nH]1. The van der Waals surface area contributed by atoms with Gasteiger partial charge in [0.25, 0.3) is 5.91 Å². The highest BCUT2D eigenvalue weighted by atomic mass is 19.1. The van der Waals surface area contributed by atoms with Crippen molar-refractivity contribution in [1.82, 2.24) is 4.98 Å². The van der Waals surface area contributed by atoms with Crippen LogP contribution in [0.4, 0.5) is 10.1 Å². The minimum Gasteiger partial charge on any atom is -0.377 e. The number of para-hydroxylation sites is 1. The van der Waals surface area contributed by atoms with Crippen LogP contribution < -0.4 is 5.32 Å². The molecule has 0 aliphatic heterocycles. The number of anilines is 1. The second kappa shape index (κ2) is 6.62. The number of hydrogen-bond donors (Lipinski definition) is 2. The molecule has 0 saturated heterocycles. The van der Waals surface area contributed by atoms with Gasteiger partial charge in [-0.15, -0.1) is 0 Å². The summed E-state index contributed by atoms with van der Waals surface area (Å²) in [6, 6.07) is 13.5. The summed E-state index contributed by atoms with van der Waals surface area (Å²) in [4.78, 5) is 15.4. The predicted molar refractivity (Wildman–Crippen MR) is 88.0 cm³/mol. The van der Waals surface area contributed by atoms with Crippen molar-refractivity contribution in [2.45, 2.75) is 13.5 Å². The lowest BCUT2D eigenvalue weighted by Gasteiger charge is -2.10. The molecule has 0 spiro atoms. The standard InChI is InChI=1S/C18H17FN2O2/c1-2-23-11-12-5-3-4-6-15(12)21-18(22)17-10-13-9-14(19)7-8-16(13)20-17/h3-10,20H,2,11H2,1H3,(H,21,22). The molecule has 0 aliphatic rings. The van der Waals surface area contributed by atoms with Crippen LogP contribution in [0.3, 0.4) is 0 Å². The summed E-state index contributed by atoms with van der Waals surface area (Å²) in [6.45, 7) is 2.96. The summed E-state index contributed by atoms with van der Waals surface area (Å²) >= 11 is 0. The number of benzene rings is 2. The third-order valence-corrected chi connectivity index (χ3v) is 3.55. The molecule has 0 bridgehead atoms.